The Labute approximate surface area is 94.5 Å². The van der Waals surface area contributed by atoms with E-state index < -0.39 is 11.2 Å². The summed E-state index contributed by atoms with van der Waals surface area (Å²) >= 11 is 0.376. The smallest absolute Gasteiger partial charge is 0.330 e. The van der Waals surface area contributed by atoms with Gasteiger partial charge in [-0.3, -0.25) is 4.79 Å². The number of hydrogen-bond donors (Lipinski definition) is 1. The molecule has 0 fully saturated rings. The third-order valence-electron chi connectivity index (χ3n) is 2.04. The molecule has 0 aliphatic carbocycles. The highest BCUT2D eigenvalue weighted by Gasteiger charge is 2.35. The summed E-state index contributed by atoms with van der Waals surface area (Å²) in [7, 11) is 0. The molecule has 1 heterocycles. The van der Waals surface area contributed by atoms with Crippen LogP contribution in [0.4, 0.5) is 13.2 Å². The van der Waals surface area contributed by atoms with Crippen molar-refractivity contribution in [3.05, 3.63) is 16.1 Å². The normalized spacial score (nSPS) is 13.8. The number of carbonyl (C=O) groups is 1. The molecular weight excluding hydrogens is 241 g/mol. The molecule has 0 bridgehead atoms. The zero-order chi connectivity index (χ0) is 12.3. The van der Waals surface area contributed by atoms with Crippen LogP contribution in [0.15, 0.2) is 6.20 Å². The molecule has 0 amide bonds. The minimum Gasteiger partial charge on any atom is -0.330 e. The van der Waals surface area contributed by atoms with Gasteiger partial charge in [0.05, 0.1) is 4.88 Å². The Bertz CT molecular complexity index is 375. The molecule has 7 heteroatoms. The lowest BCUT2D eigenvalue weighted by Crippen LogP contribution is -2.14. The van der Waals surface area contributed by atoms with Crippen molar-refractivity contribution in [2.45, 2.75) is 19.5 Å². The van der Waals surface area contributed by atoms with E-state index in [0.29, 0.717) is 24.3 Å². The van der Waals surface area contributed by atoms with Crippen LogP contribution in [0.3, 0.4) is 0 Å². The predicted molar refractivity (Wildman–Crippen MR) is 54.3 cm³/mol. The number of carbonyl (C=O) groups excluding carboxylic acids is 1. The number of halogens is 3. The van der Waals surface area contributed by atoms with Crippen LogP contribution in [0.25, 0.3) is 0 Å². The molecule has 0 saturated carbocycles. The van der Waals surface area contributed by atoms with Gasteiger partial charge in [0.1, 0.15) is 0 Å². The number of Topliss-reactive ketones (excluding diaryl/α,β-unsaturated/α-hetero) is 1. The van der Waals surface area contributed by atoms with Gasteiger partial charge in [0.2, 0.25) is 0 Å². The summed E-state index contributed by atoms with van der Waals surface area (Å²) in [5.74, 6) is -0.704. The van der Waals surface area contributed by atoms with E-state index in [0.717, 1.165) is 6.20 Å². The van der Waals surface area contributed by atoms with Crippen molar-refractivity contribution in [2.24, 2.45) is 11.7 Å². The van der Waals surface area contributed by atoms with Gasteiger partial charge in [-0.25, -0.2) is 4.98 Å². The Morgan fingerprint density at radius 1 is 1.62 bits per heavy atom. The van der Waals surface area contributed by atoms with E-state index in [4.69, 9.17) is 5.73 Å². The molecule has 0 aliphatic rings. The molecule has 0 aromatic carbocycles. The Hall–Kier alpha value is -0.950. The summed E-state index contributed by atoms with van der Waals surface area (Å²) in [4.78, 5) is 14.9. The fourth-order valence-corrected chi connectivity index (χ4v) is 1.98. The van der Waals surface area contributed by atoms with Crippen molar-refractivity contribution in [2.75, 3.05) is 6.54 Å². The van der Waals surface area contributed by atoms with Gasteiger partial charge in [-0.15, -0.1) is 11.3 Å². The molecule has 1 atom stereocenters. The van der Waals surface area contributed by atoms with Crippen LogP contribution in [0.5, 0.6) is 0 Å². The number of thiazole rings is 1. The van der Waals surface area contributed by atoms with Gasteiger partial charge in [-0.2, -0.15) is 13.2 Å². The minimum atomic E-state index is -4.49. The van der Waals surface area contributed by atoms with Crippen LogP contribution in [0, 0.1) is 5.92 Å². The number of aromatic nitrogens is 1. The van der Waals surface area contributed by atoms with Crippen LogP contribution < -0.4 is 5.73 Å². The fraction of sp³-hybridized carbons (Fsp3) is 0.556. The Morgan fingerprint density at radius 2 is 2.25 bits per heavy atom. The van der Waals surface area contributed by atoms with Crippen molar-refractivity contribution in [1.29, 1.82) is 0 Å². The highest BCUT2D eigenvalue weighted by molar-refractivity contribution is 7.13. The van der Waals surface area contributed by atoms with Gasteiger partial charge < -0.3 is 5.73 Å². The van der Waals surface area contributed by atoms with Gasteiger partial charge in [-0.05, 0) is 13.0 Å². The summed E-state index contributed by atoms with van der Waals surface area (Å²) in [6.45, 7) is 1.97. The predicted octanol–water partition coefficient (Wildman–Crippen LogP) is 2.33. The molecule has 1 rings (SSSR count). The molecule has 2 N–H and O–H groups in total. The molecule has 0 aliphatic heterocycles. The fourth-order valence-electron chi connectivity index (χ4n) is 1.14. The van der Waals surface area contributed by atoms with Gasteiger partial charge in [-0.1, -0.05) is 6.92 Å². The van der Waals surface area contributed by atoms with Gasteiger partial charge in [0.25, 0.3) is 0 Å². The van der Waals surface area contributed by atoms with E-state index in [1.807, 2.05) is 0 Å². The number of nitrogens with zero attached hydrogens (tertiary/aromatic N) is 1. The molecule has 0 saturated heterocycles. The molecule has 1 aromatic rings. The lowest BCUT2D eigenvalue weighted by atomic mass is 10.0. The highest BCUT2D eigenvalue weighted by atomic mass is 32.1. The van der Waals surface area contributed by atoms with Crippen molar-refractivity contribution in [3.63, 3.8) is 0 Å². The first-order valence-corrected chi connectivity index (χ1v) is 5.45. The third-order valence-corrected chi connectivity index (χ3v) is 3.10. The topological polar surface area (TPSA) is 56.0 Å². The third kappa shape index (κ3) is 3.02. The lowest BCUT2D eigenvalue weighted by molar-refractivity contribution is -0.137. The SMILES string of the molecule is CC(CCN)C(=O)c1cnc(C(F)(F)F)s1. The second-order valence-corrected chi connectivity index (χ2v) is 4.40. The average Bonchev–Trinajstić information content (AvgIpc) is 2.65. The van der Waals surface area contributed by atoms with Gasteiger partial charge in [0, 0.05) is 12.1 Å². The van der Waals surface area contributed by atoms with E-state index in [-0.39, 0.29) is 16.6 Å². The molecule has 16 heavy (non-hydrogen) atoms. The zero-order valence-electron chi connectivity index (χ0n) is 8.54. The summed E-state index contributed by atoms with van der Waals surface area (Å²) in [5.41, 5.74) is 5.28. The van der Waals surface area contributed by atoms with Crippen LogP contribution >= 0.6 is 11.3 Å². The maximum atomic E-state index is 12.2. The summed E-state index contributed by atoms with van der Waals surface area (Å²) in [6.07, 6.45) is -3.05. The number of rotatable bonds is 4. The van der Waals surface area contributed by atoms with Crippen molar-refractivity contribution >= 4 is 17.1 Å². The number of hydrogen-bond acceptors (Lipinski definition) is 4. The minimum absolute atomic E-state index is 0.0354. The maximum Gasteiger partial charge on any atom is 0.443 e. The molecule has 1 aromatic heterocycles. The van der Waals surface area contributed by atoms with Crippen LogP contribution in [0.1, 0.15) is 28.0 Å². The molecule has 0 spiro atoms. The molecule has 90 valence electrons. The van der Waals surface area contributed by atoms with Gasteiger partial charge in [0.15, 0.2) is 10.8 Å². The molecule has 3 nitrogen and oxygen atoms in total. The summed E-state index contributed by atoms with van der Waals surface area (Å²) in [5, 5.41) is -0.990. The standard InChI is InChI=1S/C9H11F3N2OS/c1-5(2-3-13)7(15)6-4-14-8(16-6)9(10,11)12/h4-5H,2-3,13H2,1H3. The van der Waals surface area contributed by atoms with Crippen LogP contribution in [0.2, 0.25) is 0 Å². The van der Waals surface area contributed by atoms with Crippen molar-refractivity contribution < 1.29 is 18.0 Å². The quantitative estimate of drug-likeness (QED) is 0.837. The second-order valence-electron chi connectivity index (χ2n) is 3.37. The van der Waals surface area contributed by atoms with E-state index in [2.05, 4.69) is 4.98 Å². The first-order valence-electron chi connectivity index (χ1n) is 4.63. The zero-order valence-corrected chi connectivity index (χ0v) is 9.36. The summed E-state index contributed by atoms with van der Waals surface area (Å²) < 4.78 is 36.7. The van der Waals surface area contributed by atoms with Crippen LogP contribution in [-0.2, 0) is 6.18 Å². The first-order chi connectivity index (χ1) is 7.36. The first kappa shape index (κ1) is 13.1. The van der Waals surface area contributed by atoms with Crippen molar-refractivity contribution in [3.8, 4) is 0 Å². The Morgan fingerprint density at radius 3 is 2.69 bits per heavy atom. The molecule has 1 unspecified atom stereocenters. The maximum absolute atomic E-state index is 12.2. The molecular formula is C9H11F3N2OS. The van der Waals surface area contributed by atoms with E-state index in [9.17, 15) is 18.0 Å². The van der Waals surface area contributed by atoms with E-state index >= 15 is 0 Å². The number of ketones is 1. The number of nitrogens with two attached hydrogens (primary N) is 1. The Kier molecular flexibility index (Phi) is 4.03. The Balaban J connectivity index is 2.82. The average molecular weight is 252 g/mol. The summed E-state index contributed by atoms with van der Waals surface area (Å²) in [6, 6.07) is 0. The van der Waals surface area contributed by atoms with E-state index in [1.54, 1.807) is 6.92 Å². The monoisotopic (exact) mass is 252 g/mol. The lowest BCUT2D eigenvalue weighted by Gasteiger charge is -2.05. The largest absolute Gasteiger partial charge is 0.443 e. The second kappa shape index (κ2) is 4.92. The van der Waals surface area contributed by atoms with Gasteiger partial charge >= 0.3 is 6.18 Å². The van der Waals surface area contributed by atoms with E-state index in [1.165, 1.54) is 0 Å². The molecule has 0 radical (unpaired) electrons. The number of alkyl halides is 3. The van der Waals surface area contributed by atoms with Crippen LogP contribution in [-0.4, -0.2) is 17.3 Å². The highest BCUT2D eigenvalue weighted by Crippen LogP contribution is 2.33. The van der Waals surface area contributed by atoms with Crippen molar-refractivity contribution in [1.82, 2.24) is 4.98 Å².